The zero-order chi connectivity index (χ0) is 17.1. The Morgan fingerprint density at radius 2 is 2.21 bits per heavy atom. The van der Waals surface area contributed by atoms with Gasteiger partial charge in [0.1, 0.15) is 5.52 Å². The number of rotatable bonds is 6. The Morgan fingerprint density at radius 3 is 2.92 bits per heavy atom. The fraction of sp³-hybridized carbons (Fsp3) is 0.438. The molecular weight excluding hydrogens is 308 g/mol. The molecule has 126 valence electrons. The van der Waals surface area contributed by atoms with Gasteiger partial charge in [0.05, 0.1) is 11.9 Å². The van der Waals surface area contributed by atoms with Crippen LogP contribution in [0.3, 0.4) is 0 Å². The van der Waals surface area contributed by atoms with E-state index in [0.717, 1.165) is 12.1 Å². The molecule has 24 heavy (non-hydrogen) atoms. The minimum absolute atomic E-state index is 0.196. The van der Waals surface area contributed by atoms with Crippen molar-refractivity contribution in [3.8, 4) is 0 Å². The van der Waals surface area contributed by atoms with E-state index in [2.05, 4.69) is 39.3 Å². The number of carbonyl (C=O) groups is 1. The van der Waals surface area contributed by atoms with Crippen LogP contribution < -0.4 is 5.32 Å². The SMILES string of the molecule is CCc1noc(CCNC(=O)c2cnc3c(c2)ncn3C(C)C)n1. The van der Waals surface area contributed by atoms with Gasteiger partial charge in [-0.3, -0.25) is 4.79 Å². The van der Waals surface area contributed by atoms with Crippen molar-refractivity contribution >= 4 is 17.1 Å². The molecule has 0 aromatic carbocycles. The van der Waals surface area contributed by atoms with Crippen LogP contribution in [0.5, 0.6) is 0 Å². The molecule has 3 aromatic rings. The molecule has 8 nitrogen and oxygen atoms in total. The van der Waals surface area contributed by atoms with Gasteiger partial charge in [-0.15, -0.1) is 0 Å². The number of amides is 1. The molecule has 0 radical (unpaired) electrons. The average molecular weight is 328 g/mol. The van der Waals surface area contributed by atoms with E-state index in [1.54, 1.807) is 18.6 Å². The Bertz CT molecular complexity index is 851. The van der Waals surface area contributed by atoms with E-state index >= 15 is 0 Å². The first kappa shape index (κ1) is 16.1. The molecule has 3 aromatic heterocycles. The molecule has 0 saturated carbocycles. The van der Waals surface area contributed by atoms with E-state index in [4.69, 9.17) is 4.52 Å². The van der Waals surface area contributed by atoms with Crippen LogP contribution in [-0.4, -0.2) is 37.1 Å². The van der Waals surface area contributed by atoms with Crippen molar-refractivity contribution in [3.05, 3.63) is 35.9 Å². The Hall–Kier alpha value is -2.77. The third kappa shape index (κ3) is 3.27. The summed E-state index contributed by atoms with van der Waals surface area (Å²) in [5.41, 5.74) is 1.97. The fourth-order valence-electron chi connectivity index (χ4n) is 2.34. The molecule has 0 aliphatic rings. The van der Waals surface area contributed by atoms with Crippen molar-refractivity contribution in [1.82, 2.24) is 30.0 Å². The van der Waals surface area contributed by atoms with Crippen LogP contribution in [0, 0.1) is 0 Å². The summed E-state index contributed by atoms with van der Waals surface area (Å²) in [4.78, 5) is 25.1. The smallest absolute Gasteiger partial charge is 0.252 e. The van der Waals surface area contributed by atoms with Crippen molar-refractivity contribution < 1.29 is 9.32 Å². The van der Waals surface area contributed by atoms with Crippen molar-refractivity contribution in [1.29, 1.82) is 0 Å². The predicted molar refractivity (Wildman–Crippen MR) is 87.6 cm³/mol. The third-order valence-electron chi connectivity index (χ3n) is 3.68. The van der Waals surface area contributed by atoms with Gasteiger partial charge >= 0.3 is 0 Å². The second-order valence-corrected chi connectivity index (χ2v) is 5.78. The Kier molecular flexibility index (Phi) is 4.54. The molecule has 0 spiro atoms. The topological polar surface area (TPSA) is 98.7 Å². The minimum atomic E-state index is -0.196. The Morgan fingerprint density at radius 1 is 1.38 bits per heavy atom. The lowest BCUT2D eigenvalue weighted by molar-refractivity contribution is 0.0953. The number of imidazole rings is 1. The number of pyridine rings is 1. The standard InChI is InChI=1S/C16H20N6O2/c1-4-13-20-14(24-21-13)5-6-17-16(23)11-7-12-15(18-8-11)22(9-19-12)10(2)3/h7-10H,4-6H2,1-3H3,(H,17,23). The molecule has 0 aliphatic carbocycles. The van der Waals surface area contributed by atoms with Crippen LogP contribution in [0.4, 0.5) is 0 Å². The summed E-state index contributed by atoms with van der Waals surface area (Å²) in [7, 11) is 0. The van der Waals surface area contributed by atoms with Gasteiger partial charge in [0, 0.05) is 31.6 Å². The average Bonchev–Trinajstić information content (AvgIpc) is 3.20. The summed E-state index contributed by atoms with van der Waals surface area (Å²) < 4.78 is 7.06. The van der Waals surface area contributed by atoms with Crippen LogP contribution in [0.25, 0.3) is 11.2 Å². The lowest BCUT2D eigenvalue weighted by Crippen LogP contribution is -2.25. The van der Waals surface area contributed by atoms with E-state index in [9.17, 15) is 4.79 Å². The summed E-state index contributed by atoms with van der Waals surface area (Å²) in [6.07, 6.45) is 4.53. The summed E-state index contributed by atoms with van der Waals surface area (Å²) >= 11 is 0. The van der Waals surface area contributed by atoms with Gasteiger partial charge in [0.25, 0.3) is 5.91 Å². The second-order valence-electron chi connectivity index (χ2n) is 5.78. The lowest BCUT2D eigenvalue weighted by Gasteiger charge is -2.07. The Balaban J connectivity index is 1.63. The van der Waals surface area contributed by atoms with Gasteiger partial charge in [-0.1, -0.05) is 12.1 Å². The van der Waals surface area contributed by atoms with Gasteiger partial charge in [0.15, 0.2) is 11.5 Å². The number of nitrogens with one attached hydrogen (secondary N) is 1. The van der Waals surface area contributed by atoms with Crippen LogP contribution >= 0.6 is 0 Å². The molecule has 1 amide bonds. The van der Waals surface area contributed by atoms with Crippen LogP contribution in [0.1, 0.15) is 48.9 Å². The van der Waals surface area contributed by atoms with E-state index in [1.807, 2.05) is 11.5 Å². The summed E-state index contributed by atoms with van der Waals surface area (Å²) in [5.74, 6) is 1.00. The first-order chi connectivity index (χ1) is 11.6. The van der Waals surface area contributed by atoms with Gasteiger partial charge in [-0.25, -0.2) is 9.97 Å². The van der Waals surface area contributed by atoms with Gasteiger partial charge in [-0.05, 0) is 19.9 Å². The maximum absolute atomic E-state index is 12.2. The first-order valence-electron chi connectivity index (χ1n) is 8.00. The van der Waals surface area contributed by atoms with E-state index in [0.29, 0.717) is 35.8 Å². The highest BCUT2D eigenvalue weighted by Crippen LogP contribution is 2.16. The number of nitrogens with zero attached hydrogens (tertiary/aromatic N) is 5. The molecule has 8 heteroatoms. The third-order valence-corrected chi connectivity index (χ3v) is 3.68. The predicted octanol–water partition coefficient (Wildman–Crippen LogP) is 1.93. The number of aromatic nitrogens is 5. The fourth-order valence-corrected chi connectivity index (χ4v) is 2.34. The number of carbonyl (C=O) groups excluding carboxylic acids is 1. The molecule has 3 heterocycles. The van der Waals surface area contributed by atoms with Crippen molar-refractivity contribution in [2.24, 2.45) is 0 Å². The summed E-state index contributed by atoms with van der Waals surface area (Å²) in [6, 6.07) is 2.02. The quantitative estimate of drug-likeness (QED) is 0.742. The van der Waals surface area contributed by atoms with Crippen LogP contribution in [0.2, 0.25) is 0 Å². The summed E-state index contributed by atoms with van der Waals surface area (Å²) in [6.45, 7) is 6.50. The number of hydrogen-bond acceptors (Lipinski definition) is 6. The second kappa shape index (κ2) is 6.77. The highest BCUT2D eigenvalue weighted by Gasteiger charge is 2.12. The van der Waals surface area contributed by atoms with E-state index in [-0.39, 0.29) is 11.9 Å². The van der Waals surface area contributed by atoms with Gasteiger partial charge in [-0.2, -0.15) is 4.98 Å². The zero-order valence-corrected chi connectivity index (χ0v) is 14.0. The minimum Gasteiger partial charge on any atom is -0.351 e. The Labute approximate surface area is 139 Å². The van der Waals surface area contributed by atoms with Crippen molar-refractivity contribution in [2.75, 3.05) is 6.54 Å². The molecule has 0 unspecified atom stereocenters. The zero-order valence-electron chi connectivity index (χ0n) is 14.0. The molecule has 0 saturated heterocycles. The molecule has 0 aliphatic heterocycles. The number of hydrogen-bond donors (Lipinski definition) is 1. The molecule has 0 atom stereocenters. The van der Waals surface area contributed by atoms with Crippen molar-refractivity contribution in [2.45, 2.75) is 39.7 Å². The largest absolute Gasteiger partial charge is 0.351 e. The first-order valence-corrected chi connectivity index (χ1v) is 8.00. The molecule has 1 N–H and O–H groups in total. The molecule has 3 rings (SSSR count). The van der Waals surface area contributed by atoms with E-state index < -0.39 is 0 Å². The van der Waals surface area contributed by atoms with Crippen LogP contribution in [-0.2, 0) is 12.8 Å². The highest BCUT2D eigenvalue weighted by molar-refractivity contribution is 5.96. The normalized spacial score (nSPS) is 11.3. The van der Waals surface area contributed by atoms with Crippen LogP contribution in [0.15, 0.2) is 23.1 Å². The van der Waals surface area contributed by atoms with Crippen molar-refractivity contribution in [3.63, 3.8) is 0 Å². The maximum Gasteiger partial charge on any atom is 0.252 e. The summed E-state index contributed by atoms with van der Waals surface area (Å²) in [5, 5.41) is 6.65. The van der Waals surface area contributed by atoms with Gasteiger partial charge < -0.3 is 14.4 Å². The molecule has 0 fully saturated rings. The molecule has 0 bridgehead atoms. The van der Waals surface area contributed by atoms with Gasteiger partial charge in [0.2, 0.25) is 5.89 Å². The lowest BCUT2D eigenvalue weighted by atomic mass is 10.2. The maximum atomic E-state index is 12.2. The molecular formula is C16H20N6O2. The monoisotopic (exact) mass is 328 g/mol. The number of fused-ring (bicyclic) bond motifs is 1. The highest BCUT2D eigenvalue weighted by atomic mass is 16.5. The number of aryl methyl sites for hydroxylation is 1. The van der Waals surface area contributed by atoms with E-state index in [1.165, 1.54) is 0 Å².